The molecule has 142 valence electrons. The zero-order chi connectivity index (χ0) is 18.8. The van der Waals surface area contributed by atoms with Gasteiger partial charge in [0.2, 0.25) is 0 Å². The van der Waals surface area contributed by atoms with Gasteiger partial charge < -0.3 is 19.5 Å². The molecule has 0 aromatic heterocycles. The molecule has 1 aliphatic heterocycles. The van der Waals surface area contributed by atoms with E-state index in [4.69, 9.17) is 14.2 Å². The summed E-state index contributed by atoms with van der Waals surface area (Å²) >= 11 is 0. The number of hydrogen-bond donors (Lipinski definition) is 1. The third-order valence-corrected chi connectivity index (χ3v) is 4.92. The minimum atomic E-state index is -0.909. The first-order valence-electron chi connectivity index (χ1n) is 9.27. The lowest BCUT2D eigenvalue weighted by Gasteiger charge is -2.27. The summed E-state index contributed by atoms with van der Waals surface area (Å²) in [4.78, 5) is 24.7. The maximum absolute atomic E-state index is 12.4. The molecule has 1 amide bonds. The minimum absolute atomic E-state index is 0.165. The molecule has 3 rings (SSSR count). The van der Waals surface area contributed by atoms with Gasteiger partial charge in [-0.3, -0.25) is 4.79 Å². The molecule has 0 spiro atoms. The van der Waals surface area contributed by atoms with Crippen LogP contribution < -0.4 is 14.8 Å². The van der Waals surface area contributed by atoms with Crippen LogP contribution in [-0.2, 0) is 20.7 Å². The highest BCUT2D eigenvalue weighted by Gasteiger charge is 2.44. The zero-order valence-electron chi connectivity index (χ0n) is 15.7. The normalized spacial score (nSPS) is 19.3. The average Bonchev–Trinajstić information content (AvgIpc) is 3.16. The number of amides is 1. The van der Waals surface area contributed by atoms with Crippen LogP contribution in [0.4, 0.5) is 0 Å². The fraction of sp³-hybridized carbons (Fsp3) is 0.600. The molecule has 1 heterocycles. The van der Waals surface area contributed by atoms with E-state index >= 15 is 0 Å². The molecule has 1 aliphatic carbocycles. The number of carbonyl (C=O) groups is 2. The number of para-hydroxylation sites is 1. The Kier molecular flexibility index (Phi) is 5.12. The molecule has 6 heteroatoms. The van der Waals surface area contributed by atoms with Gasteiger partial charge in [-0.15, -0.1) is 0 Å². The first-order valence-corrected chi connectivity index (χ1v) is 9.27. The topological polar surface area (TPSA) is 73.9 Å². The van der Waals surface area contributed by atoms with E-state index in [1.807, 2.05) is 26.0 Å². The molecule has 26 heavy (non-hydrogen) atoms. The third kappa shape index (κ3) is 3.79. The van der Waals surface area contributed by atoms with Crippen molar-refractivity contribution < 1.29 is 23.8 Å². The number of benzene rings is 1. The number of carbonyl (C=O) groups excluding carboxylic acids is 2. The van der Waals surface area contributed by atoms with E-state index in [-0.39, 0.29) is 24.1 Å². The smallest absolute Gasteiger partial charge is 0.331 e. The SMILES string of the molecule is CCOC(=O)C1(NC(=O)COc2cccc3c2OC(C)(C)C3)CCCC1. The van der Waals surface area contributed by atoms with Crippen molar-refractivity contribution in [3.8, 4) is 11.5 Å². The molecular weight excluding hydrogens is 334 g/mol. The Labute approximate surface area is 154 Å². The Morgan fingerprint density at radius 2 is 1.96 bits per heavy atom. The minimum Gasteiger partial charge on any atom is -0.483 e. The summed E-state index contributed by atoms with van der Waals surface area (Å²) in [6.45, 7) is 5.94. The van der Waals surface area contributed by atoms with Crippen molar-refractivity contribution in [2.45, 2.75) is 64.0 Å². The molecule has 0 radical (unpaired) electrons. The number of fused-ring (bicyclic) bond motifs is 1. The van der Waals surface area contributed by atoms with Gasteiger partial charge in [-0.25, -0.2) is 4.79 Å². The monoisotopic (exact) mass is 361 g/mol. The van der Waals surface area contributed by atoms with Crippen LogP contribution in [-0.4, -0.2) is 36.2 Å². The van der Waals surface area contributed by atoms with Crippen LogP contribution in [0.15, 0.2) is 18.2 Å². The van der Waals surface area contributed by atoms with Crippen molar-refractivity contribution >= 4 is 11.9 Å². The predicted molar refractivity (Wildman–Crippen MR) is 96.3 cm³/mol. The molecule has 0 atom stereocenters. The quantitative estimate of drug-likeness (QED) is 0.789. The number of nitrogens with one attached hydrogen (secondary N) is 1. The molecule has 1 N–H and O–H groups in total. The first kappa shape index (κ1) is 18.5. The van der Waals surface area contributed by atoms with Crippen LogP contribution >= 0.6 is 0 Å². The van der Waals surface area contributed by atoms with Gasteiger partial charge in [0.25, 0.3) is 5.91 Å². The Balaban J connectivity index is 1.63. The Hall–Kier alpha value is -2.24. The van der Waals surface area contributed by atoms with Gasteiger partial charge in [0.15, 0.2) is 18.1 Å². The van der Waals surface area contributed by atoms with Gasteiger partial charge in [-0.2, -0.15) is 0 Å². The van der Waals surface area contributed by atoms with E-state index in [2.05, 4.69) is 5.32 Å². The highest BCUT2D eigenvalue weighted by molar-refractivity contribution is 5.89. The van der Waals surface area contributed by atoms with Crippen LogP contribution in [0, 0.1) is 0 Å². The van der Waals surface area contributed by atoms with Crippen LogP contribution in [0.2, 0.25) is 0 Å². The highest BCUT2D eigenvalue weighted by Crippen LogP contribution is 2.41. The Morgan fingerprint density at radius 3 is 2.65 bits per heavy atom. The zero-order valence-corrected chi connectivity index (χ0v) is 15.7. The van der Waals surface area contributed by atoms with Crippen molar-refractivity contribution in [1.82, 2.24) is 5.32 Å². The second-order valence-electron chi connectivity index (χ2n) is 7.63. The fourth-order valence-electron chi connectivity index (χ4n) is 3.78. The summed E-state index contributed by atoms with van der Waals surface area (Å²) in [5, 5.41) is 2.85. The van der Waals surface area contributed by atoms with Crippen molar-refractivity contribution in [3.63, 3.8) is 0 Å². The molecule has 1 saturated carbocycles. The molecule has 1 aromatic carbocycles. The summed E-state index contributed by atoms with van der Waals surface area (Å²) in [7, 11) is 0. The van der Waals surface area contributed by atoms with E-state index in [0.717, 1.165) is 24.8 Å². The molecule has 6 nitrogen and oxygen atoms in total. The van der Waals surface area contributed by atoms with Gasteiger partial charge in [0.05, 0.1) is 6.61 Å². The summed E-state index contributed by atoms with van der Waals surface area (Å²) in [6.07, 6.45) is 3.81. The second-order valence-corrected chi connectivity index (χ2v) is 7.63. The van der Waals surface area contributed by atoms with Gasteiger partial charge in [-0.1, -0.05) is 25.0 Å². The molecule has 1 fully saturated rings. The maximum Gasteiger partial charge on any atom is 0.331 e. The molecule has 1 aromatic rings. The van der Waals surface area contributed by atoms with Gasteiger partial charge >= 0.3 is 5.97 Å². The second kappa shape index (κ2) is 7.17. The van der Waals surface area contributed by atoms with Crippen molar-refractivity contribution in [3.05, 3.63) is 23.8 Å². The molecule has 0 bridgehead atoms. The van der Waals surface area contributed by atoms with E-state index < -0.39 is 5.54 Å². The van der Waals surface area contributed by atoms with Gasteiger partial charge in [0, 0.05) is 12.0 Å². The number of hydrogen-bond acceptors (Lipinski definition) is 5. The first-order chi connectivity index (χ1) is 12.4. The predicted octanol–water partition coefficient (Wildman–Crippen LogP) is 2.77. The molecule has 0 saturated heterocycles. The fourth-order valence-corrected chi connectivity index (χ4v) is 3.78. The van der Waals surface area contributed by atoms with Crippen molar-refractivity contribution in [2.75, 3.05) is 13.2 Å². The number of ether oxygens (including phenoxy) is 3. The van der Waals surface area contributed by atoms with Gasteiger partial charge in [0.1, 0.15) is 11.1 Å². The van der Waals surface area contributed by atoms with Crippen molar-refractivity contribution in [2.24, 2.45) is 0 Å². The van der Waals surface area contributed by atoms with Crippen LogP contribution in [0.5, 0.6) is 11.5 Å². The van der Waals surface area contributed by atoms with Gasteiger partial charge in [-0.05, 0) is 39.7 Å². The average molecular weight is 361 g/mol. The van der Waals surface area contributed by atoms with Crippen LogP contribution in [0.3, 0.4) is 0 Å². The lowest BCUT2D eigenvalue weighted by Crippen LogP contribution is -2.54. The van der Waals surface area contributed by atoms with E-state index in [9.17, 15) is 9.59 Å². The number of rotatable bonds is 6. The van der Waals surface area contributed by atoms with E-state index in [0.29, 0.717) is 30.9 Å². The van der Waals surface area contributed by atoms with Crippen LogP contribution in [0.25, 0.3) is 0 Å². The van der Waals surface area contributed by atoms with E-state index in [1.54, 1.807) is 13.0 Å². The summed E-state index contributed by atoms with van der Waals surface area (Å²) in [5.74, 6) is 0.581. The lowest BCUT2D eigenvalue weighted by atomic mass is 9.97. The highest BCUT2D eigenvalue weighted by atomic mass is 16.5. The summed E-state index contributed by atoms with van der Waals surface area (Å²) in [6, 6.07) is 5.70. The molecule has 0 unspecified atom stereocenters. The lowest BCUT2D eigenvalue weighted by molar-refractivity contribution is -0.153. The number of esters is 1. The summed E-state index contributed by atoms with van der Waals surface area (Å²) in [5.41, 5.74) is -0.109. The third-order valence-electron chi connectivity index (χ3n) is 4.92. The van der Waals surface area contributed by atoms with E-state index in [1.165, 1.54) is 0 Å². The Morgan fingerprint density at radius 1 is 1.23 bits per heavy atom. The standard InChI is InChI=1S/C20H27NO5/c1-4-24-18(23)20(10-5-6-11-20)21-16(22)13-25-15-9-7-8-14-12-19(2,3)26-17(14)15/h7-9H,4-6,10-13H2,1-3H3,(H,21,22). The molecular formula is C20H27NO5. The Bertz CT molecular complexity index is 691. The largest absolute Gasteiger partial charge is 0.483 e. The molecule has 2 aliphatic rings. The summed E-state index contributed by atoms with van der Waals surface area (Å²) < 4.78 is 16.8. The maximum atomic E-state index is 12.4. The van der Waals surface area contributed by atoms with Crippen LogP contribution in [0.1, 0.15) is 52.0 Å². The van der Waals surface area contributed by atoms with Crippen molar-refractivity contribution in [1.29, 1.82) is 0 Å².